The summed E-state index contributed by atoms with van der Waals surface area (Å²) in [5.41, 5.74) is 1.50. The molecule has 0 aliphatic carbocycles. The summed E-state index contributed by atoms with van der Waals surface area (Å²) in [6.07, 6.45) is 0. The number of methoxy groups -OCH3 is 1. The fraction of sp³-hybridized carbons (Fsp3) is 0.286. The third kappa shape index (κ3) is 2.41. The standard InChI is InChI=1S/C14H15N3O/c1-17(7-8-18-2)14-9-11(10-15)12-5-3-4-6-13(12)16-14/h3-6,9H,7-8H2,1-2H3. The first-order chi connectivity index (χ1) is 8.76. The highest BCUT2D eigenvalue weighted by atomic mass is 16.5. The molecule has 92 valence electrons. The quantitative estimate of drug-likeness (QED) is 0.823. The van der Waals surface area contributed by atoms with Gasteiger partial charge < -0.3 is 9.64 Å². The van der Waals surface area contributed by atoms with Crippen LogP contribution in [0.1, 0.15) is 5.56 Å². The van der Waals surface area contributed by atoms with Crippen LogP contribution in [-0.2, 0) is 4.74 Å². The van der Waals surface area contributed by atoms with Gasteiger partial charge in [-0.25, -0.2) is 4.98 Å². The zero-order chi connectivity index (χ0) is 13.0. The van der Waals surface area contributed by atoms with Crippen molar-refractivity contribution in [2.24, 2.45) is 0 Å². The van der Waals surface area contributed by atoms with Crippen LogP contribution in [0.5, 0.6) is 0 Å². The minimum absolute atomic E-state index is 0.632. The Morgan fingerprint density at radius 3 is 2.89 bits per heavy atom. The van der Waals surface area contributed by atoms with E-state index in [-0.39, 0.29) is 0 Å². The summed E-state index contributed by atoms with van der Waals surface area (Å²) < 4.78 is 5.04. The third-order valence-corrected chi connectivity index (χ3v) is 2.85. The molecule has 0 saturated heterocycles. The van der Waals surface area contributed by atoms with E-state index < -0.39 is 0 Å². The minimum Gasteiger partial charge on any atom is -0.383 e. The maximum absolute atomic E-state index is 9.20. The normalized spacial score (nSPS) is 10.3. The van der Waals surface area contributed by atoms with E-state index in [0.717, 1.165) is 23.3 Å². The van der Waals surface area contributed by atoms with E-state index in [4.69, 9.17) is 4.74 Å². The van der Waals surface area contributed by atoms with Gasteiger partial charge in [-0.1, -0.05) is 18.2 Å². The predicted octanol–water partition coefficient (Wildman–Crippen LogP) is 2.19. The lowest BCUT2D eigenvalue weighted by molar-refractivity contribution is 0.206. The van der Waals surface area contributed by atoms with Gasteiger partial charge in [0.25, 0.3) is 0 Å². The molecule has 0 fully saturated rings. The lowest BCUT2D eigenvalue weighted by Gasteiger charge is -2.18. The Labute approximate surface area is 106 Å². The molecule has 0 unspecified atom stereocenters. The molecule has 1 aromatic heterocycles. The number of pyridine rings is 1. The Kier molecular flexibility index (Phi) is 3.75. The summed E-state index contributed by atoms with van der Waals surface area (Å²) in [6, 6.07) is 11.7. The van der Waals surface area contributed by atoms with Crippen molar-refractivity contribution in [3.8, 4) is 6.07 Å². The van der Waals surface area contributed by atoms with Crippen LogP contribution < -0.4 is 4.90 Å². The number of hydrogen-bond acceptors (Lipinski definition) is 4. The Morgan fingerprint density at radius 1 is 1.39 bits per heavy atom. The molecule has 1 aromatic carbocycles. The van der Waals surface area contributed by atoms with Crippen LogP contribution in [0.2, 0.25) is 0 Å². The van der Waals surface area contributed by atoms with Gasteiger partial charge in [-0.15, -0.1) is 0 Å². The van der Waals surface area contributed by atoms with E-state index in [1.807, 2.05) is 42.3 Å². The summed E-state index contributed by atoms with van der Waals surface area (Å²) in [5.74, 6) is 0.794. The fourth-order valence-corrected chi connectivity index (χ4v) is 1.79. The van der Waals surface area contributed by atoms with Gasteiger partial charge in [0.2, 0.25) is 0 Å². The Hall–Kier alpha value is -2.12. The second kappa shape index (κ2) is 5.48. The number of rotatable bonds is 4. The molecule has 0 atom stereocenters. The number of nitrogens with zero attached hydrogens (tertiary/aromatic N) is 3. The van der Waals surface area contributed by atoms with E-state index in [0.29, 0.717) is 12.2 Å². The molecular weight excluding hydrogens is 226 g/mol. The molecular formula is C14H15N3O. The van der Waals surface area contributed by atoms with Gasteiger partial charge in [-0.05, 0) is 12.1 Å². The third-order valence-electron chi connectivity index (χ3n) is 2.85. The smallest absolute Gasteiger partial charge is 0.130 e. The van der Waals surface area contributed by atoms with Crippen molar-refractivity contribution >= 4 is 16.7 Å². The Morgan fingerprint density at radius 2 is 2.17 bits per heavy atom. The zero-order valence-corrected chi connectivity index (χ0v) is 10.6. The van der Waals surface area contributed by atoms with E-state index in [1.54, 1.807) is 7.11 Å². The number of aromatic nitrogens is 1. The summed E-state index contributed by atoms with van der Waals surface area (Å²) in [5, 5.41) is 10.1. The molecule has 4 nitrogen and oxygen atoms in total. The highest BCUT2D eigenvalue weighted by Gasteiger charge is 2.08. The number of ether oxygens (including phenoxy) is 1. The van der Waals surface area contributed by atoms with E-state index in [9.17, 15) is 5.26 Å². The zero-order valence-electron chi connectivity index (χ0n) is 10.6. The molecule has 4 heteroatoms. The van der Waals surface area contributed by atoms with Crippen molar-refractivity contribution in [3.05, 3.63) is 35.9 Å². The van der Waals surface area contributed by atoms with E-state index >= 15 is 0 Å². The Balaban J connectivity index is 2.44. The molecule has 0 spiro atoms. The fourth-order valence-electron chi connectivity index (χ4n) is 1.79. The molecule has 0 aliphatic heterocycles. The number of nitriles is 1. The molecule has 0 saturated carbocycles. The highest BCUT2D eigenvalue weighted by molar-refractivity contribution is 5.86. The summed E-state index contributed by atoms with van der Waals surface area (Å²) in [6.45, 7) is 1.37. The predicted molar refractivity (Wildman–Crippen MR) is 71.6 cm³/mol. The maximum atomic E-state index is 9.20. The van der Waals surface area contributed by atoms with Crippen LogP contribution in [0.4, 0.5) is 5.82 Å². The SMILES string of the molecule is COCCN(C)c1cc(C#N)c2ccccc2n1. The molecule has 2 aromatic rings. The van der Waals surface area contributed by atoms with Crippen LogP contribution in [0.3, 0.4) is 0 Å². The van der Waals surface area contributed by atoms with Gasteiger partial charge in [0, 0.05) is 26.1 Å². The molecule has 0 aliphatic rings. The molecule has 0 bridgehead atoms. The van der Waals surface area contributed by atoms with Gasteiger partial charge in [0.05, 0.1) is 23.8 Å². The summed E-state index contributed by atoms with van der Waals surface area (Å²) >= 11 is 0. The largest absolute Gasteiger partial charge is 0.383 e. The van der Waals surface area contributed by atoms with Crippen LogP contribution in [0.15, 0.2) is 30.3 Å². The van der Waals surface area contributed by atoms with Gasteiger partial charge >= 0.3 is 0 Å². The van der Waals surface area contributed by atoms with Gasteiger partial charge in [-0.3, -0.25) is 0 Å². The monoisotopic (exact) mass is 241 g/mol. The van der Waals surface area contributed by atoms with Crippen molar-refractivity contribution < 1.29 is 4.74 Å². The van der Waals surface area contributed by atoms with Crippen molar-refractivity contribution in [1.82, 2.24) is 4.98 Å². The van der Waals surface area contributed by atoms with Crippen LogP contribution >= 0.6 is 0 Å². The second-order valence-corrected chi connectivity index (χ2v) is 4.07. The molecule has 1 heterocycles. The van der Waals surface area contributed by atoms with Gasteiger partial charge in [0.15, 0.2) is 0 Å². The first-order valence-corrected chi connectivity index (χ1v) is 5.76. The van der Waals surface area contributed by atoms with Crippen molar-refractivity contribution in [2.45, 2.75) is 0 Å². The molecule has 18 heavy (non-hydrogen) atoms. The van der Waals surface area contributed by atoms with Gasteiger partial charge in [-0.2, -0.15) is 5.26 Å². The molecule has 0 amide bonds. The average Bonchev–Trinajstić information content (AvgIpc) is 2.43. The topological polar surface area (TPSA) is 49.1 Å². The number of hydrogen-bond donors (Lipinski definition) is 0. The number of para-hydroxylation sites is 1. The van der Waals surface area contributed by atoms with Crippen molar-refractivity contribution in [1.29, 1.82) is 5.26 Å². The van der Waals surface area contributed by atoms with Crippen molar-refractivity contribution in [2.75, 3.05) is 32.2 Å². The van der Waals surface area contributed by atoms with Gasteiger partial charge in [0.1, 0.15) is 5.82 Å². The van der Waals surface area contributed by atoms with Crippen LogP contribution in [0, 0.1) is 11.3 Å². The molecule has 0 N–H and O–H groups in total. The number of benzene rings is 1. The lowest BCUT2D eigenvalue weighted by atomic mass is 10.1. The lowest BCUT2D eigenvalue weighted by Crippen LogP contribution is -2.23. The Bertz CT molecular complexity index is 589. The number of likely N-dealkylation sites (N-methyl/N-ethyl adjacent to an activating group) is 1. The van der Waals surface area contributed by atoms with Crippen LogP contribution in [-0.4, -0.2) is 32.3 Å². The molecule has 0 radical (unpaired) electrons. The van der Waals surface area contributed by atoms with Crippen LogP contribution in [0.25, 0.3) is 10.9 Å². The highest BCUT2D eigenvalue weighted by Crippen LogP contribution is 2.21. The van der Waals surface area contributed by atoms with E-state index in [2.05, 4.69) is 11.1 Å². The first-order valence-electron chi connectivity index (χ1n) is 5.76. The van der Waals surface area contributed by atoms with E-state index in [1.165, 1.54) is 0 Å². The maximum Gasteiger partial charge on any atom is 0.130 e. The average molecular weight is 241 g/mol. The first kappa shape index (κ1) is 12.3. The molecule has 2 rings (SSSR count). The second-order valence-electron chi connectivity index (χ2n) is 4.07. The summed E-state index contributed by atoms with van der Waals surface area (Å²) in [7, 11) is 3.61. The number of anilines is 1. The summed E-state index contributed by atoms with van der Waals surface area (Å²) in [4.78, 5) is 6.54. The minimum atomic E-state index is 0.632. The van der Waals surface area contributed by atoms with Crippen molar-refractivity contribution in [3.63, 3.8) is 0 Å². The number of fused-ring (bicyclic) bond motifs is 1.